The number of aromatic nitrogens is 3. The predicted molar refractivity (Wildman–Crippen MR) is 131 cm³/mol. The number of pyridine rings is 1. The van der Waals surface area contributed by atoms with Crippen LogP contribution in [0.4, 0.5) is 0 Å². The van der Waals surface area contributed by atoms with E-state index in [-0.39, 0.29) is 0 Å². The Morgan fingerprint density at radius 2 is 1.74 bits per heavy atom. The van der Waals surface area contributed by atoms with Gasteiger partial charge in [-0.25, -0.2) is 19.3 Å². The molecule has 0 radical (unpaired) electrons. The first kappa shape index (κ1) is 26.5. The van der Waals surface area contributed by atoms with Crippen LogP contribution in [0.5, 0.6) is 5.75 Å². The van der Waals surface area contributed by atoms with Crippen molar-refractivity contribution in [3.8, 4) is 17.0 Å². The third kappa shape index (κ3) is 8.67. The van der Waals surface area contributed by atoms with Gasteiger partial charge in [0.2, 0.25) is 0 Å². The van der Waals surface area contributed by atoms with Gasteiger partial charge >= 0.3 is 11.9 Å². The summed E-state index contributed by atoms with van der Waals surface area (Å²) in [5, 5.41) is 21.6. The Hall–Kier alpha value is -3.72. The smallest absolute Gasteiger partial charge is 0.328 e. The second-order valence-electron chi connectivity index (χ2n) is 7.84. The Morgan fingerprint density at radius 3 is 2.32 bits per heavy atom. The van der Waals surface area contributed by atoms with Crippen LogP contribution in [0.15, 0.2) is 54.7 Å². The highest BCUT2D eigenvalue weighted by molar-refractivity contribution is 5.91. The molecule has 0 spiro atoms. The standard InChI is InChI=1S/C21H28N4O.C4H4O4/c1-4-5-15-25-21-19(8-6-13-22-21)20(23-25)17-9-11-18(12-10-17)26-16-7-14-24(2)3;5-3(6)1-2-4(7)8/h6,8-13H,4-5,7,14-16H2,1-3H3;1-2H,(H,5,6)(H,7,8)/b;2-1-. The molecule has 3 rings (SSSR count). The molecule has 0 amide bonds. The number of benzene rings is 1. The van der Waals surface area contributed by atoms with Gasteiger partial charge in [0.25, 0.3) is 0 Å². The monoisotopic (exact) mass is 468 g/mol. The molecule has 9 nitrogen and oxygen atoms in total. The summed E-state index contributed by atoms with van der Waals surface area (Å²) in [5.41, 5.74) is 3.04. The second-order valence-corrected chi connectivity index (χ2v) is 7.84. The van der Waals surface area contributed by atoms with E-state index in [9.17, 15) is 9.59 Å². The van der Waals surface area contributed by atoms with Gasteiger partial charge in [-0.05, 0) is 63.3 Å². The van der Waals surface area contributed by atoms with E-state index in [2.05, 4.69) is 49.1 Å². The number of carboxylic acids is 2. The van der Waals surface area contributed by atoms with E-state index in [1.807, 2.05) is 29.1 Å². The maximum atomic E-state index is 9.55. The molecule has 0 saturated heterocycles. The molecule has 34 heavy (non-hydrogen) atoms. The molecular weight excluding hydrogens is 436 g/mol. The summed E-state index contributed by atoms with van der Waals surface area (Å²) < 4.78 is 7.86. The maximum absolute atomic E-state index is 9.55. The zero-order valence-corrected chi connectivity index (χ0v) is 19.8. The van der Waals surface area contributed by atoms with Gasteiger partial charge in [0, 0.05) is 42.4 Å². The Kier molecular flexibility index (Phi) is 10.7. The van der Waals surface area contributed by atoms with Crippen molar-refractivity contribution >= 4 is 23.0 Å². The molecule has 0 saturated carbocycles. The molecule has 2 heterocycles. The number of aliphatic carboxylic acids is 2. The normalized spacial score (nSPS) is 10.9. The quantitative estimate of drug-likeness (QED) is 0.321. The fraction of sp³-hybridized carbons (Fsp3) is 0.360. The summed E-state index contributed by atoms with van der Waals surface area (Å²) in [6, 6.07) is 12.3. The fourth-order valence-corrected chi connectivity index (χ4v) is 3.11. The van der Waals surface area contributed by atoms with Crippen molar-refractivity contribution in [1.29, 1.82) is 0 Å². The van der Waals surface area contributed by atoms with Crippen molar-refractivity contribution in [2.75, 3.05) is 27.2 Å². The summed E-state index contributed by atoms with van der Waals surface area (Å²) in [4.78, 5) is 25.8. The van der Waals surface area contributed by atoms with E-state index >= 15 is 0 Å². The van der Waals surface area contributed by atoms with Gasteiger partial charge in [0.15, 0.2) is 5.65 Å². The van der Waals surface area contributed by atoms with Crippen molar-refractivity contribution in [2.45, 2.75) is 32.7 Å². The van der Waals surface area contributed by atoms with Crippen LogP contribution in [0.25, 0.3) is 22.3 Å². The zero-order valence-electron chi connectivity index (χ0n) is 19.8. The highest BCUT2D eigenvalue weighted by atomic mass is 16.5. The Labute approximate surface area is 199 Å². The lowest BCUT2D eigenvalue weighted by Gasteiger charge is -2.10. The van der Waals surface area contributed by atoms with E-state index in [1.165, 1.54) is 0 Å². The van der Waals surface area contributed by atoms with E-state index in [4.69, 9.17) is 20.0 Å². The number of ether oxygens (including phenoxy) is 1. The number of carbonyl (C=O) groups is 2. The number of carboxylic acid groups (broad SMARTS) is 2. The SMILES string of the molecule is CCCCn1nc(-c2ccc(OCCCN(C)C)cc2)c2cccnc21.O=C(O)/C=C\C(=O)O. The fourth-order valence-electron chi connectivity index (χ4n) is 3.11. The lowest BCUT2D eigenvalue weighted by Crippen LogP contribution is -2.15. The Balaban J connectivity index is 0.000000440. The molecule has 0 aliphatic carbocycles. The number of hydrogen-bond acceptors (Lipinski definition) is 6. The van der Waals surface area contributed by atoms with Crippen LogP contribution in [0.3, 0.4) is 0 Å². The van der Waals surface area contributed by atoms with E-state index < -0.39 is 11.9 Å². The van der Waals surface area contributed by atoms with Crippen molar-refractivity contribution in [3.05, 3.63) is 54.7 Å². The third-order valence-corrected chi connectivity index (χ3v) is 4.75. The molecule has 2 N–H and O–H groups in total. The number of hydrogen-bond donors (Lipinski definition) is 2. The van der Waals surface area contributed by atoms with Gasteiger partial charge in [-0.2, -0.15) is 5.10 Å². The van der Waals surface area contributed by atoms with E-state index in [0.29, 0.717) is 12.2 Å². The van der Waals surface area contributed by atoms with Crippen LogP contribution in [0.1, 0.15) is 26.2 Å². The molecule has 3 aromatic rings. The van der Waals surface area contributed by atoms with E-state index in [1.54, 1.807) is 0 Å². The second kappa shape index (κ2) is 13.7. The van der Waals surface area contributed by atoms with Crippen molar-refractivity contribution in [1.82, 2.24) is 19.7 Å². The highest BCUT2D eigenvalue weighted by Crippen LogP contribution is 2.28. The summed E-state index contributed by atoms with van der Waals surface area (Å²) in [6.07, 6.45) is 6.22. The van der Waals surface area contributed by atoms with Crippen LogP contribution in [0, 0.1) is 0 Å². The van der Waals surface area contributed by atoms with Gasteiger partial charge < -0.3 is 19.8 Å². The van der Waals surface area contributed by atoms with Gasteiger partial charge in [-0.1, -0.05) is 13.3 Å². The van der Waals surface area contributed by atoms with Gasteiger partial charge in [0.1, 0.15) is 11.4 Å². The molecule has 0 atom stereocenters. The Bertz CT molecular complexity index is 1070. The summed E-state index contributed by atoms with van der Waals surface area (Å²) in [5.74, 6) is -1.61. The molecule has 0 aliphatic rings. The van der Waals surface area contributed by atoms with Crippen LogP contribution in [-0.2, 0) is 16.1 Å². The molecule has 0 aliphatic heterocycles. The van der Waals surface area contributed by atoms with Gasteiger partial charge in [-0.3, -0.25) is 0 Å². The Morgan fingerprint density at radius 1 is 1.06 bits per heavy atom. The molecule has 182 valence electrons. The van der Waals surface area contributed by atoms with Gasteiger partial charge in [0.05, 0.1) is 6.61 Å². The van der Waals surface area contributed by atoms with Crippen LogP contribution in [0.2, 0.25) is 0 Å². The number of unbranched alkanes of at least 4 members (excludes halogenated alkanes) is 1. The zero-order chi connectivity index (χ0) is 24.9. The summed E-state index contributed by atoms with van der Waals surface area (Å²) in [7, 11) is 4.15. The van der Waals surface area contributed by atoms with Crippen LogP contribution in [-0.4, -0.2) is 69.1 Å². The van der Waals surface area contributed by atoms with Crippen molar-refractivity contribution in [3.63, 3.8) is 0 Å². The van der Waals surface area contributed by atoms with Gasteiger partial charge in [-0.15, -0.1) is 0 Å². The average Bonchev–Trinajstić information content (AvgIpc) is 3.18. The number of nitrogens with zero attached hydrogens (tertiary/aromatic N) is 4. The molecular formula is C25H32N4O5. The van der Waals surface area contributed by atoms with Crippen LogP contribution >= 0.6 is 0 Å². The first-order valence-corrected chi connectivity index (χ1v) is 11.1. The minimum atomic E-state index is -1.26. The van der Waals surface area contributed by atoms with E-state index in [0.717, 1.165) is 67.0 Å². The molecule has 0 bridgehead atoms. The summed E-state index contributed by atoms with van der Waals surface area (Å²) in [6.45, 7) is 4.86. The lowest BCUT2D eigenvalue weighted by atomic mass is 10.1. The first-order chi connectivity index (χ1) is 16.3. The molecule has 2 aromatic heterocycles. The topological polar surface area (TPSA) is 118 Å². The van der Waals surface area contributed by atoms with Crippen molar-refractivity contribution in [2.24, 2.45) is 0 Å². The molecule has 1 aromatic carbocycles. The van der Waals surface area contributed by atoms with Crippen molar-refractivity contribution < 1.29 is 24.5 Å². The first-order valence-electron chi connectivity index (χ1n) is 11.1. The number of fused-ring (bicyclic) bond motifs is 1. The van der Waals surface area contributed by atoms with Crippen LogP contribution < -0.4 is 4.74 Å². The molecule has 9 heteroatoms. The number of rotatable bonds is 11. The minimum Gasteiger partial charge on any atom is -0.494 e. The average molecular weight is 469 g/mol. The minimum absolute atomic E-state index is 0.558. The predicted octanol–water partition coefficient (Wildman–Crippen LogP) is 3.94. The largest absolute Gasteiger partial charge is 0.494 e. The summed E-state index contributed by atoms with van der Waals surface area (Å²) >= 11 is 0. The molecule has 0 unspecified atom stereocenters. The third-order valence-electron chi connectivity index (χ3n) is 4.75. The molecule has 0 fully saturated rings. The maximum Gasteiger partial charge on any atom is 0.328 e. The number of aryl methyl sites for hydroxylation is 1. The highest BCUT2D eigenvalue weighted by Gasteiger charge is 2.13. The lowest BCUT2D eigenvalue weighted by molar-refractivity contribution is -0.134.